The summed E-state index contributed by atoms with van der Waals surface area (Å²) >= 11 is 4.99. The maximum absolute atomic E-state index is 12.9. The van der Waals surface area contributed by atoms with E-state index in [2.05, 4.69) is 17.9 Å². The summed E-state index contributed by atoms with van der Waals surface area (Å²) in [6.07, 6.45) is 0. The standard InChI is InChI=1S/C17H19FN2S/c1-12-9-14(17(19)21)5-6-15(12)11-20(2)10-13-3-7-16(18)8-4-13/h3-9H,10-11H2,1-2H3,(H2,19,21). The summed E-state index contributed by atoms with van der Waals surface area (Å²) in [5.41, 5.74) is 10.0. The van der Waals surface area contributed by atoms with Crippen LogP contribution in [0.15, 0.2) is 42.5 Å². The average molecular weight is 302 g/mol. The molecule has 21 heavy (non-hydrogen) atoms. The van der Waals surface area contributed by atoms with E-state index in [0.717, 1.165) is 24.2 Å². The van der Waals surface area contributed by atoms with Crippen LogP contribution in [-0.2, 0) is 13.1 Å². The van der Waals surface area contributed by atoms with Gasteiger partial charge in [-0.3, -0.25) is 4.90 Å². The summed E-state index contributed by atoms with van der Waals surface area (Å²) in [6, 6.07) is 12.6. The number of hydrogen-bond donors (Lipinski definition) is 1. The van der Waals surface area contributed by atoms with E-state index >= 15 is 0 Å². The first-order chi connectivity index (χ1) is 9.95. The van der Waals surface area contributed by atoms with Crippen LogP contribution in [0.4, 0.5) is 4.39 Å². The van der Waals surface area contributed by atoms with E-state index in [9.17, 15) is 4.39 Å². The zero-order valence-electron chi connectivity index (χ0n) is 12.3. The van der Waals surface area contributed by atoms with Crippen molar-refractivity contribution in [2.45, 2.75) is 20.0 Å². The molecule has 0 amide bonds. The van der Waals surface area contributed by atoms with Gasteiger partial charge in [0.25, 0.3) is 0 Å². The first kappa shape index (κ1) is 15.6. The molecule has 0 aliphatic heterocycles. The molecule has 2 N–H and O–H groups in total. The lowest BCUT2D eigenvalue weighted by Crippen LogP contribution is -2.18. The van der Waals surface area contributed by atoms with Crippen LogP contribution < -0.4 is 5.73 Å². The van der Waals surface area contributed by atoms with Gasteiger partial charge >= 0.3 is 0 Å². The third-order valence-electron chi connectivity index (χ3n) is 3.43. The Morgan fingerprint density at radius 3 is 2.38 bits per heavy atom. The SMILES string of the molecule is Cc1cc(C(N)=S)ccc1CN(C)Cc1ccc(F)cc1. The van der Waals surface area contributed by atoms with E-state index < -0.39 is 0 Å². The van der Waals surface area contributed by atoms with E-state index in [1.807, 2.05) is 31.3 Å². The minimum atomic E-state index is -0.203. The largest absolute Gasteiger partial charge is 0.389 e. The molecule has 0 aliphatic rings. The second-order valence-electron chi connectivity index (χ2n) is 5.30. The van der Waals surface area contributed by atoms with E-state index in [4.69, 9.17) is 18.0 Å². The maximum atomic E-state index is 12.9. The van der Waals surface area contributed by atoms with E-state index in [1.165, 1.54) is 23.3 Å². The Morgan fingerprint density at radius 2 is 1.81 bits per heavy atom. The second-order valence-corrected chi connectivity index (χ2v) is 5.74. The lowest BCUT2D eigenvalue weighted by molar-refractivity contribution is 0.318. The van der Waals surface area contributed by atoms with Crippen molar-refractivity contribution in [2.24, 2.45) is 5.73 Å². The van der Waals surface area contributed by atoms with E-state index in [0.29, 0.717) is 4.99 Å². The van der Waals surface area contributed by atoms with Crippen LogP contribution in [0.3, 0.4) is 0 Å². The Bertz CT molecular complexity index is 638. The molecule has 0 saturated heterocycles. The molecule has 0 aliphatic carbocycles. The highest BCUT2D eigenvalue weighted by Crippen LogP contribution is 2.15. The van der Waals surface area contributed by atoms with Crippen LogP contribution in [0.2, 0.25) is 0 Å². The molecular formula is C17H19FN2S. The molecule has 2 rings (SSSR count). The third-order valence-corrected chi connectivity index (χ3v) is 3.67. The minimum Gasteiger partial charge on any atom is -0.389 e. The van der Waals surface area contributed by atoms with Gasteiger partial charge in [-0.05, 0) is 48.9 Å². The normalized spacial score (nSPS) is 10.9. The molecule has 0 aromatic heterocycles. The predicted molar refractivity (Wildman–Crippen MR) is 88.6 cm³/mol. The molecule has 0 spiro atoms. The highest BCUT2D eigenvalue weighted by molar-refractivity contribution is 7.80. The van der Waals surface area contributed by atoms with Crippen molar-refractivity contribution in [2.75, 3.05) is 7.05 Å². The van der Waals surface area contributed by atoms with E-state index in [1.54, 1.807) is 0 Å². The number of benzene rings is 2. The number of halogens is 1. The summed E-state index contributed by atoms with van der Waals surface area (Å²) in [4.78, 5) is 2.61. The molecule has 0 saturated carbocycles. The van der Waals surface area contributed by atoms with Gasteiger partial charge in [0.2, 0.25) is 0 Å². The van der Waals surface area contributed by atoms with Crippen LogP contribution in [-0.4, -0.2) is 16.9 Å². The third kappa shape index (κ3) is 4.34. The molecule has 110 valence electrons. The minimum absolute atomic E-state index is 0.203. The molecule has 0 fully saturated rings. The van der Waals surface area contributed by atoms with Gasteiger partial charge in [-0.15, -0.1) is 0 Å². The summed E-state index contributed by atoms with van der Waals surface area (Å²) in [5.74, 6) is -0.203. The van der Waals surface area contributed by atoms with Crippen molar-refractivity contribution in [1.82, 2.24) is 4.90 Å². The Hall–Kier alpha value is -1.78. The summed E-state index contributed by atoms with van der Waals surface area (Å²) in [7, 11) is 2.05. The Labute approximate surface area is 130 Å². The van der Waals surface area contributed by atoms with Crippen LogP contribution in [0.1, 0.15) is 22.3 Å². The smallest absolute Gasteiger partial charge is 0.123 e. The molecule has 2 aromatic rings. The quantitative estimate of drug-likeness (QED) is 0.858. The van der Waals surface area contributed by atoms with Crippen LogP contribution in [0.25, 0.3) is 0 Å². The van der Waals surface area contributed by atoms with Gasteiger partial charge in [0.1, 0.15) is 10.8 Å². The Morgan fingerprint density at radius 1 is 1.14 bits per heavy atom. The molecule has 0 radical (unpaired) electrons. The average Bonchev–Trinajstić information content (AvgIpc) is 2.43. The van der Waals surface area contributed by atoms with Crippen molar-refractivity contribution in [3.63, 3.8) is 0 Å². The number of nitrogens with two attached hydrogens (primary N) is 1. The zero-order valence-corrected chi connectivity index (χ0v) is 13.1. The molecule has 0 heterocycles. The molecule has 2 aromatic carbocycles. The van der Waals surface area contributed by atoms with Crippen molar-refractivity contribution < 1.29 is 4.39 Å². The molecule has 2 nitrogen and oxygen atoms in total. The second kappa shape index (κ2) is 6.78. The Balaban J connectivity index is 2.04. The topological polar surface area (TPSA) is 29.3 Å². The van der Waals surface area contributed by atoms with Crippen molar-refractivity contribution >= 4 is 17.2 Å². The lowest BCUT2D eigenvalue weighted by Gasteiger charge is -2.18. The van der Waals surface area contributed by atoms with E-state index in [-0.39, 0.29) is 5.82 Å². The van der Waals surface area contributed by atoms with Crippen molar-refractivity contribution in [3.05, 3.63) is 70.5 Å². The van der Waals surface area contributed by atoms with Crippen molar-refractivity contribution in [3.8, 4) is 0 Å². The van der Waals surface area contributed by atoms with Gasteiger partial charge in [0, 0.05) is 18.7 Å². The zero-order chi connectivity index (χ0) is 15.4. The maximum Gasteiger partial charge on any atom is 0.123 e. The van der Waals surface area contributed by atoms with Crippen molar-refractivity contribution in [1.29, 1.82) is 0 Å². The first-order valence-electron chi connectivity index (χ1n) is 6.78. The highest BCUT2D eigenvalue weighted by atomic mass is 32.1. The lowest BCUT2D eigenvalue weighted by atomic mass is 10.0. The monoisotopic (exact) mass is 302 g/mol. The summed E-state index contributed by atoms with van der Waals surface area (Å²) < 4.78 is 12.9. The first-order valence-corrected chi connectivity index (χ1v) is 7.19. The molecule has 0 atom stereocenters. The predicted octanol–water partition coefficient (Wildman–Crippen LogP) is 3.40. The fraction of sp³-hybridized carbons (Fsp3) is 0.235. The number of aryl methyl sites for hydroxylation is 1. The number of hydrogen-bond acceptors (Lipinski definition) is 2. The van der Waals surface area contributed by atoms with Crippen LogP contribution >= 0.6 is 12.2 Å². The van der Waals surface area contributed by atoms with Gasteiger partial charge in [-0.1, -0.05) is 36.5 Å². The fourth-order valence-electron chi connectivity index (χ4n) is 2.27. The highest BCUT2D eigenvalue weighted by Gasteiger charge is 2.06. The van der Waals surface area contributed by atoms with Crippen LogP contribution in [0.5, 0.6) is 0 Å². The molecule has 0 bridgehead atoms. The summed E-state index contributed by atoms with van der Waals surface area (Å²) in [6.45, 7) is 3.65. The summed E-state index contributed by atoms with van der Waals surface area (Å²) in [5, 5.41) is 0. The van der Waals surface area contributed by atoms with Gasteiger partial charge in [0.15, 0.2) is 0 Å². The van der Waals surface area contributed by atoms with Gasteiger partial charge in [-0.2, -0.15) is 0 Å². The van der Waals surface area contributed by atoms with Gasteiger partial charge < -0.3 is 5.73 Å². The fourth-order valence-corrected chi connectivity index (χ4v) is 2.40. The Kier molecular flexibility index (Phi) is 5.04. The molecule has 4 heteroatoms. The number of nitrogens with zero attached hydrogens (tertiary/aromatic N) is 1. The molecule has 0 unspecified atom stereocenters. The number of thiocarbonyl (C=S) groups is 1. The number of rotatable bonds is 5. The molecular weight excluding hydrogens is 283 g/mol. The van der Waals surface area contributed by atoms with Gasteiger partial charge in [-0.25, -0.2) is 4.39 Å². The van der Waals surface area contributed by atoms with Gasteiger partial charge in [0.05, 0.1) is 0 Å². The van der Waals surface area contributed by atoms with Crippen LogP contribution in [0, 0.1) is 12.7 Å².